The summed E-state index contributed by atoms with van der Waals surface area (Å²) in [6, 6.07) is 4.14. The van der Waals surface area contributed by atoms with Crippen molar-refractivity contribution < 1.29 is 33.5 Å². The summed E-state index contributed by atoms with van der Waals surface area (Å²) in [5, 5.41) is 13.7. The maximum Gasteiger partial charge on any atom is 0.312 e. The molecule has 7 N–H and O–H groups in total. The second kappa shape index (κ2) is 20.2. The number of nitrogens with one attached hydrogen (secondary N) is 5. The molecule has 228 valence electrons. The summed E-state index contributed by atoms with van der Waals surface area (Å²) < 4.78 is 4.71. The molecule has 1 rings (SSSR count). The summed E-state index contributed by atoms with van der Waals surface area (Å²) in [4.78, 5) is 71.5. The number of ether oxygens (including phenoxy) is 1. The first-order valence-electron chi connectivity index (χ1n) is 13.5. The van der Waals surface area contributed by atoms with Crippen molar-refractivity contribution in [2.75, 3.05) is 23.7 Å². The minimum atomic E-state index is -0.955. The number of amides is 6. The van der Waals surface area contributed by atoms with Gasteiger partial charge in [-0.25, -0.2) is 4.79 Å². The molecule has 13 nitrogen and oxygen atoms in total. The van der Waals surface area contributed by atoms with Crippen LogP contribution in [0.15, 0.2) is 24.3 Å². The van der Waals surface area contributed by atoms with E-state index in [1.54, 1.807) is 38.1 Å². The third-order valence-corrected chi connectivity index (χ3v) is 6.44. The van der Waals surface area contributed by atoms with Crippen LogP contribution in [0, 0.1) is 5.92 Å². The molecular formula is C27H41BrN6O7. The number of unbranched alkanes of at least 4 members (excludes halogenated alkanes) is 2. The van der Waals surface area contributed by atoms with Gasteiger partial charge in [0.25, 0.3) is 6.47 Å². The molecule has 6 amide bonds. The lowest BCUT2D eigenvalue weighted by Gasteiger charge is -2.25. The van der Waals surface area contributed by atoms with Gasteiger partial charge in [0.15, 0.2) is 0 Å². The Morgan fingerprint density at radius 2 is 1.59 bits per heavy atom. The third-order valence-electron chi connectivity index (χ3n) is 5.93. The number of nitrogens with two attached hydrogens (primary N) is 1. The van der Waals surface area contributed by atoms with Crippen molar-refractivity contribution in [2.24, 2.45) is 11.7 Å². The van der Waals surface area contributed by atoms with Gasteiger partial charge in [-0.05, 0) is 49.3 Å². The molecule has 1 unspecified atom stereocenters. The summed E-state index contributed by atoms with van der Waals surface area (Å²) in [6.07, 6.45) is 2.85. The number of hydrogen-bond donors (Lipinski definition) is 6. The Bertz CT molecular complexity index is 1010. The normalized spacial score (nSPS) is 12.0. The van der Waals surface area contributed by atoms with Gasteiger partial charge in [0.05, 0.1) is 5.33 Å². The maximum atomic E-state index is 13.2. The Morgan fingerprint density at radius 3 is 2.20 bits per heavy atom. The van der Waals surface area contributed by atoms with Crippen LogP contribution < -0.4 is 32.3 Å². The van der Waals surface area contributed by atoms with Crippen molar-refractivity contribution in [1.29, 1.82) is 0 Å². The number of benzene rings is 1. The Hall–Kier alpha value is -3.68. The summed E-state index contributed by atoms with van der Waals surface area (Å²) in [5.74, 6) is -1.61. The minimum absolute atomic E-state index is 0.0938. The number of anilines is 1. The minimum Gasteiger partial charge on any atom is -0.463 e. The van der Waals surface area contributed by atoms with Gasteiger partial charge >= 0.3 is 6.03 Å². The number of halogens is 1. The van der Waals surface area contributed by atoms with Crippen molar-refractivity contribution in [3.63, 3.8) is 0 Å². The Balaban J connectivity index is 2.76. The Morgan fingerprint density at radius 1 is 0.902 bits per heavy atom. The first-order chi connectivity index (χ1) is 19.6. The molecule has 2 atom stereocenters. The van der Waals surface area contributed by atoms with E-state index in [-0.39, 0.29) is 49.1 Å². The molecule has 14 heteroatoms. The van der Waals surface area contributed by atoms with Gasteiger partial charge in [0, 0.05) is 25.2 Å². The molecular weight excluding hydrogens is 600 g/mol. The van der Waals surface area contributed by atoms with Crippen LogP contribution in [-0.2, 0) is 35.3 Å². The molecule has 0 aromatic heterocycles. The van der Waals surface area contributed by atoms with Crippen molar-refractivity contribution in [3.05, 3.63) is 29.8 Å². The van der Waals surface area contributed by atoms with E-state index in [9.17, 15) is 28.8 Å². The van der Waals surface area contributed by atoms with Crippen LogP contribution in [0.2, 0.25) is 0 Å². The lowest BCUT2D eigenvalue weighted by atomic mass is 10.0. The molecule has 0 spiro atoms. The Labute approximate surface area is 248 Å². The van der Waals surface area contributed by atoms with Gasteiger partial charge in [-0.3, -0.25) is 24.0 Å². The fraction of sp³-hybridized carbons (Fsp3) is 0.556. The van der Waals surface area contributed by atoms with Crippen LogP contribution in [0.3, 0.4) is 0 Å². The average molecular weight is 642 g/mol. The summed E-state index contributed by atoms with van der Waals surface area (Å²) in [7, 11) is 0. The molecule has 41 heavy (non-hydrogen) atoms. The zero-order valence-electron chi connectivity index (χ0n) is 23.5. The van der Waals surface area contributed by atoms with Gasteiger partial charge < -0.3 is 37.1 Å². The number of hydrogen-bond acceptors (Lipinski definition) is 7. The standard InChI is InChI=1S/C27H41BrN6O7/c1-18(2)24(34-22(36)8-4-3-5-13-30-23(37)15-28)26(39)33-21(7-6-14-31-27(29)40)25(38)32-20-11-9-19(10-12-20)16-41-17-35/h9-12,17-18,21,24H,3-8,13-16H2,1-2H3,(H,30,37)(H,32,38)(H,33,39)(H,34,36)(H3,29,31,40)/t21?,24-/m0/s1. The van der Waals surface area contributed by atoms with E-state index >= 15 is 0 Å². The topological polar surface area (TPSA) is 198 Å². The highest BCUT2D eigenvalue weighted by atomic mass is 79.9. The molecule has 0 saturated heterocycles. The van der Waals surface area contributed by atoms with E-state index in [0.29, 0.717) is 31.5 Å². The lowest BCUT2D eigenvalue weighted by molar-refractivity contribution is -0.132. The van der Waals surface area contributed by atoms with Crippen molar-refractivity contribution in [1.82, 2.24) is 21.3 Å². The monoisotopic (exact) mass is 640 g/mol. The zero-order valence-corrected chi connectivity index (χ0v) is 25.1. The molecule has 0 aliphatic rings. The van der Waals surface area contributed by atoms with E-state index in [2.05, 4.69) is 42.5 Å². The van der Waals surface area contributed by atoms with Gasteiger partial charge in [-0.15, -0.1) is 0 Å². The average Bonchev–Trinajstić information content (AvgIpc) is 2.94. The first-order valence-corrected chi connectivity index (χ1v) is 14.6. The lowest BCUT2D eigenvalue weighted by Crippen LogP contribution is -2.54. The van der Waals surface area contributed by atoms with E-state index in [1.807, 2.05) is 0 Å². The maximum absolute atomic E-state index is 13.2. The molecule has 0 aliphatic heterocycles. The van der Waals surface area contributed by atoms with E-state index in [4.69, 9.17) is 10.5 Å². The van der Waals surface area contributed by atoms with Gasteiger partial charge in [0.1, 0.15) is 18.7 Å². The fourth-order valence-electron chi connectivity index (χ4n) is 3.73. The molecule has 0 fully saturated rings. The number of carbonyl (C=O) groups excluding carboxylic acids is 6. The van der Waals surface area contributed by atoms with Crippen molar-refractivity contribution >= 4 is 57.7 Å². The number of rotatable bonds is 20. The van der Waals surface area contributed by atoms with Gasteiger partial charge in [0.2, 0.25) is 23.6 Å². The van der Waals surface area contributed by atoms with Crippen LogP contribution in [0.25, 0.3) is 0 Å². The van der Waals surface area contributed by atoms with E-state index in [0.717, 1.165) is 18.4 Å². The summed E-state index contributed by atoms with van der Waals surface area (Å²) in [5.41, 5.74) is 6.31. The van der Waals surface area contributed by atoms with Crippen LogP contribution in [0.5, 0.6) is 0 Å². The molecule has 0 bridgehead atoms. The fourth-order valence-corrected chi connectivity index (χ4v) is 3.93. The second-order valence-corrected chi connectivity index (χ2v) is 10.2. The van der Waals surface area contributed by atoms with E-state index in [1.165, 1.54) is 0 Å². The van der Waals surface area contributed by atoms with Gasteiger partial charge in [-0.2, -0.15) is 0 Å². The first kappa shape index (κ1) is 35.3. The molecule has 0 saturated carbocycles. The highest BCUT2D eigenvalue weighted by Gasteiger charge is 2.28. The number of alkyl halides is 1. The van der Waals surface area contributed by atoms with Crippen molar-refractivity contribution in [3.8, 4) is 0 Å². The smallest absolute Gasteiger partial charge is 0.312 e. The summed E-state index contributed by atoms with van der Waals surface area (Å²) >= 11 is 3.08. The number of carbonyl (C=O) groups is 6. The highest BCUT2D eigenvalue weighted by Crippen LogP contribution is 2.12. The quantitative estimate of drug-likeness (QED) is 0.0703. The summed E-state index contributed by atoms with van der Waals surface area (Å²) in [6.45, 7) is 4.77. The molecule has 0 aliphatic carbocycles. The van der Waals surface area contributed by atoms with Gasteiger partial charge in [-0.1, -0.05) is 48.3 Å². The predicted octanol–water partition coefficient (Wildman–Crippen LogP) is 1.44. The van der Waals surface area contributed by atoms with Crippen LogP contribution >= 0.6 is 15.9 Å². The zero-order chi connectivity index (χ0) is 30.6. The Kier molecular flexibility index (Phi) is 17.4. The van der Waals surface area contributed by atoms with Crippen molar-refractivity contribution in [2.45, 2.75) is 71.1 Å². The number of urea groups is 1. The molecule has 0 radical (unpaired) electrons. The van der Waals surface area contributed by atoms with Crippen LogP contribution in [-0.4, -0.2) is 66.6 Å². The molecule has 1 aromatic rings. The second-order valence-electron chi connectivity index (χ2n) is 9.67. The predicted molar refractivity (Wildman–Crippen MR) is 157 cm³/mol. The third kappa shape index (κ3) is 15.6. The van der Waals surface area contributed by atoms with E-state index < -0.39 is 29.9 Å². The van der Waals surface area contributed by atoms with Crippen LogP contribution in [0.4, 0.5) is 10.5 Å². The SMILES string of the molecule is CC(C)[C@H](NC(=O)CCCCCNC(=O)CBr)C(=O)NC(CCCNC(N)=O)C(=O)Nc1ccc(COC=O)cc1. The molecule has 1 aromatic carbocycles. The number of primary amides is 1. The largest absolute Gasteiger partial charge is 0.463 e. The molecule has 0 heterocycles. The van der Waals surface area contributed by atoms with Crippen LogP contribution in [0.1, 0.15) is 57.9 Å². The highest BCUT2D eigenvalue weighted by molar-refractivity contribution is 9.09.